The number of alkyl halides is 1. The fourth-order valence-electron chi connectivity index (χ4n) is 1.88. The molecule has 78 valence electrons. The van der Waals surface area contributed by atoms with Crippen LogP contribution in [0.15, 0.2) is 6.20 Å². The molecule has 2 rings (SSSR count). The first kappa shape index (κ1) is 9.58. The molecule has 1 aliphatic rings. The van der Waals surface area contributed by atoms with Crippen molar-refractivity contribution in [2.75, 3.05) is 6.54 Å². The first-order valence-corrected chi connectivity index (χ1v) is 5.01. The number of nitrogens with zero attached hydrogens (tertiary/aromatic N) is 3. The lowest BCUT2D eigenvalue weighted by atomic mass is 9.99. The molecule has 1 aromatic heterocycles. The largest absolute Gasteiger partial charge is 0.311 e. The van der Waals surface area contributed by atoms with E-state index in [0.717, 1.165) is 25.8 Å². The molecule has 1 fully saturated rings. The van der Waals surface area contributed by atoms with Crippen LogP contribution in [0.25, 0.3) is 0 Å². The highest BCUT2D eigenvalue weighted by molar-refractivity contribution is 5.03. The van der Waals surface area contributed by atoms with Crippen LogP contribution in [0.3, 0.4) is 0 Å². The number of piperidine rings is 1. The number of rotatable bonds is 2. The number of aromatic nitrogens is 3. The van der Waals surface area contributed by atoms with E-state index in [1.165, 1.54) is 10.9 Å². The number of halogens is 1. The molecule has 4 nitrogen and oxygen atoms in total. The number of hydrogen-bond donors (Lipinski definition) is 1. The molecule has 0 radical (unpaired) electrons. The normalized spacial score (nSPS) is 24.9. The molecule has 1 N–H and O–H groups in total. The average molecular weight is 198 g/mol. The average Bonchev–Trinajstić information content (AvgIpc) is 2.65. The standard InChI is InChI=1S/C9H15FN4/c1-14-8(6-12-13-14)9(10)7-4-2-3-5-11-7/h6-7,9,11H,2-5H2,1H3. The fraction of sp³-hybridized carbons (Fsp3) is 0.778. The highest BCUT2D eigenvalue weighted by atomic mass is 19.1. The SMILES string of the molecule is Cn1nncc1C(F)C1CCCCN1. The second kappa shape index (κ2) is 4.04. The smallest absolute Gasteiger partial charge is 0.158 e. The summed E-state index contributed by atoms with van der Waals surface area (Å²) < 4.78 is 15.5. The number of hydrogen-bond acceptors (Lipinski definition) is 3. The van der Waals surface area contributed by atoms with E-state index in [9.17, 15) is 4.39 Å². The fourth-order valence-corrected chi connectivity index (χ4v) is 1.88. The second-order valence-electron chi connectivity index (χ2n) is 3.74. The molecule has 0 spiro atoms. The van der Waals surface area contributed by atoms with E-state index >= 15 is 0 Å². The second-order valence-corrected chi connectivity index (χ2v) is 3.74. The van der Waals surface area contributed by atoms with Crippen molar-refractivity contribution in [1.29, 1.82) is 0 Å². The molecule has 1 saturated heterocycles. The molecule has 5 heteroatoms. The maximum absolute atomic E-state index is 14.0. The Kier molecular flexibility index (Phi) is 2.77. The van der Waals surface area contributed by atoms with E-state index in [2.05, 4.69) is 15.6 Å². The molecule has 2 atom stereocenters. The summed E-state index contributed by atoms with van der Waals surface area (Å²) in [6, 6.07) is -0.0686. The summed E-state index contributed by atoms with van der Waals surface area (Å²) in [5.41, 5.74) is 0.560. The van der Waals surface area contributed by atoms with Gasteiger partial charge in [-0.05, 0) is 19.4 Å². The molecule has 1 aromatic rings. The third kappa shape index (κ3) is 1.77. The van der Waals surface area contributed by atoms with Crippen LogP contribution < -0.4 is 5.32 Å². The van der Waals surface area contributed by atoms with Crippen LogP contribution in [0, 0.1) is 0 Å². The Hall–Kier alpha value is -0.970. The summed E-state index contributed by atoms with van der Waals surface area (Å²) in [4.78, 5) is 0. The van der Waals surface area contributed by atoms with Gasteiger partial charge >= 0.3 is 0 Å². The molecular formula is C9H15FN4. The van der Waals surface area contributed by atoms with Crippen LogP contribution in [0.2, 0.25) is 0 Å². The van der Waals surface area contributed by atoms with Crippen molar-refractivity contribution in [2.24, 2.45) is 7.05 Å². The quantitative estimate of drug-likeness (QED) is 0.770. The van der Waals surface area contributed by atoms with Crippen molar-refractivity contribution in [3.05, 3.63) is 11.9 Å². The Morgan fingerprint density at radius 3 is 3.07 bits per heavy atom. The van der Waals surface area contributed by atoms with E-state index in [4.69, 9.17) is 0 Å². The number of nitrogens with one attached hydrogen (secondary N) is 1. The zero-order valence-corrected chi connectivity index (χ0v) is 8.28. The van der Waals surface area contributed by atoms with Gasteiger partial charge in [0.25, 0.3) is 0 Å². The van der Waals surface area contributed by atoms with Crippen LogP contribution >= 0.6 is 0 Å². The van der Waals surface area contributed by atoms with Gasteiger partial charge in [-0.3, -0.25) is 0 Å². The van der Waals surface area contributed by atoms with E-state index in [1.807, 2.05) is 0 Å². The van der Waals surface area contributed by atoms with Crippen molar-refractivity contribution in [1.82, 2.24) is 20.3 Å². The monoisotopic (exact) mass is 198 g/mol. The third-order valence-corrected chi connectivity index (χ3v) is 2.73. The van der Waals surface area contributed by atoms with E-state index in [-0.39, 0.29) is 6.04 Å². The van der Waals surface area contributed by atoms with Gasteiger partial charge in [0, 0.05) is 13.1 Å². The van der Waals surface area contributed by atoms with Crippen LogP contribution in [0.4, 0.5) is 4.39 Å². The lowest BCUT2D eigenvalue weighted by Crippen LogP contribution is -2.37. The van der Waals surface area contributed by atoms with Crippen LogP contribution in [-0.4, -0.2) is 27.6 Å². The van der Waals surface area contributed by atoms with Crippen LogP contribution in [0.1, 0.15) is 31.1 Å². The Morgan fingerprint density at radius 2 is 2.50 bits per heavy atom. The third-order valence-electron chi connectivity index (χ3n) is 2.73. The summed E-state index contributed by atoms with van der Waals surface area (Å²) >= 11 is 0. The van der Waals surface area contributed by atoms with Crippen molar-refractivity contribution in [3.8, 4) is 0 Å². The van der Waals surface area contributed by atoms with Crippen molar-refractivity contribution >= 4 is 0 Å². The molecule has 14 heavy (non-hydrogen) atoms. The highest BCUT2D eigenvalue weighted by Crippen LogP contribution is 2.25. The van der Waals surface area contributed by atoms with Gasteiger partial charge in [0.1, 0.15) is 0 Å². The first-order chi connectivity index (χ1) is 6.79. The molecule has 0 amide bonds. The first-order valence-electron chi connectivity index (χ1n) is 5.01. The molecule has 2 unspecified atom stereocenters. The van der Waals surface area contributed by atoms with Gasteiger partial charge in [-0.25, -0.2) is 9.07 Å². The van der Waals surface area contributed by atoms with Crippen LogP contribution in [-0.2, 0) is 7.05 Å². The van der Waals surface area contributed by atoms with Gasteiger partial charge in [0.15, 0.2) is 6.17 Å². The molecule has 0 aliphatic carbocycles. The molecular weight excluding hydrogens is 183 g/mol. The van der Waals surface area contributed by atoms with Gasteiger partial charge in [-0.1, -0.05) is 11.6 Å². The topological polar surface area (TPSA) is 42.7 Å². The molecule has 0 saturated carbocycles. The zero-order valence-electron chi connectivity index (χ0n) is 8.28. The lowest BCUT2D eigenvalue weighted by molar-refractivity contribution is 0.211. The van der Waals surface area contributed by atoms with Crippen molar-refractivity contribution in [2.45, 2.75) is 31.5 Å². The van der Waals surface area contributed by atoms with E-state index in [1.54, 1.807) is 7.05 Å². The minimum absolute atomic E-state index is 0.0686. The molecule has 0 bridgehead atoms. The van der Waals surface area contributed by atoms with Gasteiger partial charge in [0.05, 0.1) is 11.9 Å². The maximum atomic E-state index is 14.0. The highest BCUT2D eigenvalue weighted by Gasteiger charge is 2.26. The predicted molar refractivity (Wildman–Crippen MR) is 50.5 cm³/mol. The predicted octanol–water partition coefficient (Wildman–Crippen LogP) is 0.968. The summed E-state index contributed by atoms with van der Waals surface area (Å²) in [7, 11) is 1.72. The Balaban J connectivity index is 2.07. The van der Waals surface area contributed by atoms with Crippen molar-refractivity contribution in [3.63, 3.8) is 0 Å². The molecule has 1 aliphatic heterocycles. The van der Waals surface area contributed by atoms with Crippen LogP contribution in [0.5, 0.6) is 0 Å². The Labute approximate surface area is 82.5 Å². The molecule has 0 aromatic carbocycles. The van der Waals surface area contributed by atoms with Gasteiger partial charge in [-0.2, -0.15) is 0 Å². The van der Waals surface area contributed by atoms with Gasteiger partial charge < -0.3 is 5.32 Å². The van der Waals surface area contributed by atoms with Gasteiger partial charge in [0.2, 0.25) is 0 Å². The summed E-state index contributed by atoms with van der Waals surface area (Å²) in [5, 5.41) is 10.6. The number of aryl methyl sites for hydroxylation is 1. The van der Waals surface area contributed by atoms with E-state index < -0.39 is 6.17 Å². The zero-order chi connectivity index (χ0) is 9.97. The van der Waals surface area contributed by atoms with E-state index in [0.29, 0.717) is 5.69 Å². The Bertz CT molecular complexity index is 293. The van der Waals surface area contributed by atoms with Crippen molar-refractivity contribution < 1.29 is 4.39 Å². The Morgan fingerprint density at radius 1 is 1.64 bits per heavy atom. The molecule has 2 heterocycles. The summed E-state index contributed by atoms with van der Waals surface area (Å²) in [6.07, 6.45) is 3.65. The lowest BCUT2D eigenvalue weighted by Gasteiger charge is -2.26. The summed E-state index contributed by atoms with van der Waals surface area (Å²) in [5.74, 6) is 0. The minimum Gasteiger partial charge on any atom is -0.311 e. The summed E-state index contributed by atoms with van der Waals surface area (Å²) in [6.45, 7) is 0.913. The minimum atomic E-state index is -0.990. The van der Waals surface area contributed by atoms with Gasteiger partial charge in [-0.15, -0.1) is 5.10 Å². The maximum Gasteiger partial charge on any atom is 0.158 e.